The number of para-hydroxylation sites is 2. The lowest BCUT2D eigenvalue weighted by molar-refractivity contribution is 1.18. The summed E-state index contributed by atoms with van der Waals surface area (Å²) in [6.07, 6.45) is 0. The van der Waals surface area contributed by atoms with Crippen molar-refractivity contribution in [2.75, 3.05) is 0 Å². The molecule has 0 amide bonds. The number of hydrogen-bond donors (Lipinski definition) is 0. The van der Waals surface area contributed by atoms with Gasteiger partial charge in [-0.25, -0.2) is 9.97 Å². The highest BCUT2D eigenvalue weighted by Gasteiger charge is 2.16. The Kier molecular flexibility index (Phi) is 9.18. The second-order valence-corrected chi connectivity index (χ2v) is 15.4. The molecule has 11 rings (SSSR count). The normalized spacial score (nSPS) is 11.3. The van der Waals surface area contributed by atoms with Gasteiger partial charge in [-0.3, -0.25) is 0 Å². The van der Waals surface area contributed by atoms with Crippen molar-refractivity contribution in [3.63, 3.8) is 0 Å². The van der Waals surface area contributed by atoms with E-state index in [1.54, 1.807) is 0 Å². The third-order valence-corrected chi connectivity index (χ3v) is 11.6. The van der Waals surface area contributed by atoms with E-state index in [9.17, 15) is 0 Å². The number of benzene rings is 9. The average molecular weight is 778 g/mol. The maximum atomic E-state index is 5.21. The van der Waals surface area contributed by atoms with Crippen molar-refractivity contribution in [3.05, 3.63) is 237 Å². The van der Waals surface area contributed by atoms with Gasteiger partial charge in [0.1, 0.15) is 0 Å². The zero-order valence-electron chi connectivity index (χ0n) is 33.4. The molecule has 0 aliphatic carbocycles. The van der Waals surface area contributed by atoms with Crippen molar-refractivity contribution < 1.29 is 0 Å². The van der Waals surface area contributed by atoms with Crippen molar-refractivity contribution in [2.24, 2.45) is 0 Å². The molecular weight excluding hydrogens is 739 g/mol. The zero-order chi connectivity index (χ0) is 40.5. The van der Waals surface area contributed by atoms with Crippen molar-refractivity contribution in [1.82, 2.24) is 14.5 Å². The van der Waals surface area contributed by atoms with Crippen LogP contribution in [0.25, 0.3) is 106 Å². The van der Waals surface area contributed by atoms with Crippen LogP contribution >= 0.6 is 0 Å². The van der Waals surface area contributed by atoms with Gasteiger partial charge in [-0.05, 0) is 99.1 Å². The molecule has 0 radical (unpaired) electrons. The van der Waals surface area contributed by atoms with Crippen LogP contribution in [0.5, 0.6) is 0 Å². The van der Waals surface area contributed by atoms with E-state index in [2.05, 4.69) is 217 Å². The predicted molar refractivity (Wildman–Crippen MR) is 254 cm³/mol. The van der Waals surface area contributed by atoms with E-state index in [4.69, 9.17) is 9.97 Å². The molecule has 2 heterocycles. The Labute approximate surface area is 355 Å². The quantitative estimate of drug-likeness (QED) is 0.154. The number of hydrogen-bond acceptors (Lipinski definition) is 2. The van der Waals surface area contributed by atoms with E-state index >= 15 is 0 Å². The van der Waals surface area contributed by atoms with Crippen LogP contribution in [0.4, 0.5) is 0 Å². The van der Waals surface area contributed by atoms with Crippen molar-refractivity contribution in [2.45, 2.75) is 0 Å². The third kappa shape index (κ3) is 6.98. The second-order valence-electron chi connectivity index (χ2n) is 15.4. The first-order valence-electron chi connectivity index (χ1n) is 20.7. The highest BCUT2D eigenvalue weighted by atomic mass is 15.0. The number of rotatable bonds is 8. The van der Waals surface area contributed by atoms with E-state index in [1.165, 1.54) is 32.9 Å². The van der Waals surface area contributed by atoms with Gasteiger partial charge < -0.3 is 4.57 Å². The summed E-state index contributed by atoms with van der Waals surface area (Å²) in [5.41, 5.74) is 17.5. The van der Waals surface area contributed by atoms with E-state index in [1.807, 2.05) is 24.3 Å². The Hall–Kier alpha value is -8.14. The second kappa shape index (κ2) is 15.6. The highest BCUT2D eigenvalue weighted by molar-refractivity contribution is 6.09. The lowest BCUT2D eigenvalue weighted by Gasteiger charge is -2.15. The third-order valence-electron chi connectivity index (χ3n) is 11.6. The maximum Gasteiger partial charge on any atom is 0.160 e. The molecule has 0 aliphatic rings. The van der Waals surface area contributed by atoms with Gasteiger partial charge in [-0.2, -0.15) is 0 Å². The van der Waals surface area contributed by atoms with Crippen LogP contribution in [0.1, 0.15) is 0 Å². The molecule has 3 heteroatoms. The van der Waals surface area contributed by atoms with Crippen LogP contribution in [-0.2, 0) is 0 Å². The first kappa shape index (κ1) is 36.0. The summed E-state index contributed by atoms with van der Waals surface area (Å²) in [6, 6.07) is 84.2. The van der Waals surface area contributed by atoms with Gasteiger partial charge in [0.2, 0.25) is 0 Å². The molecule has 0 bridgehead atoms. The summed E-state index contributed by atoms with van der Waals surface area (Å²) in [6.45, 7) is 0. The monoisotopic (exact) mass is 777 g/mol. The summed E-state index contributed by atoms with van der Waals surface area (Å²) in [7, 11) is 0. The lowest BCUT2D eigenvalue weighted by Crippen LogP contribution is -1.96. The summed E-state index contributed by atoms with van der Waals surface area (Å²) in [5.74, 6) is 0.700. The Morgan fingerprint density at radius 2 is 0.590 bits per heavy atom. The maximum absolute atomic E-state index is 5.21. The molecule has 0 atom stereocenters. The molecule has 286 valence electrons. The minimum Gasteiger partial charge on any atom is -0.309 e. The molecule has 0 N–H and O–H groups in total. The Morgan fingerprint density at radius 3 is 1.07 bits per heavy atom. The number of aromatic nitrogens is 3. The van der Waals surface area contributed by atoms with Crippen LogP contribution in [0, 0.1) is 0 Å². The zero-order valence-corrected chi connectivity index (χ0v) is 33.4. The molecule has 0 fully saturated rings. The molecule has 2 aromatic heterocycles. The van der Waals surface area contributed by atoms with E-state index in [0.29, 0.717) is 5.82 Å². The number of nitrogens with zero attached hydrogens (tertiary/aromatic N) is 3. The average Bonchev–Trinajstić information content (AvgIpc) is 3.69. The summed E-state index contributed by atoms with van der Waals surface area (Å²) in [5, 5.41) is 2.50. The van der Waals surface area contributed by atoms with Gasteiger partial charge in [0.15, 0.2) is 5.82 Å². The van der Waals surface area contributed by atoms with Gasteiger partial charge in [0, 0.05) is 33.2 Å². The number of fused-ring (bicyclic) bond motifs is 3. The largest absolute Gasteiger partial charge is 0.309 e. The summed E-state index contributed by atoms with van der Waals surface area (Å²) in [4.78, 5) is 10.3. The van der Waals surface area contributed by atoms with Gasteiger partial charge >= 0.3 is 0 Å². The van der Waals surface area contributed by atoms with Gasteiger partial charge in [0.05, 0.1) is 22.4 Å². The van der Waals surface area contributed by atoms with E-state index in [-0.39, 0.29) is 0 Å². The first-order valence-corrected chi connectivity index (χ1v) is 20.7. The molecule has 61 heavy (non-hydrogen) atoms. The summed E-state index contributed by atoms with van der Waals surface area (Å²) >= 11 is 0. The van der Waals surface area contributed by atoms with Crippen molar-refractivity contribution in [3.8, 4) is 84.1 Å². The minimum atomic E-state index is 0.700. The molecule has 0 unspecified atom stereocenters. The fourth-order valence-corrected chi connectivity index (χ4v) is 8.57. The van der Waals surface area contributed by atoms with Crippen LogP contribution in [0.3, 0.4) is 0 Å². The molecular formula is C58H39N3. The minimum absolute atomic E-state index is 0.700. The predicted octanol–water partition coefficient (Wildman–Crippen LogP) is 15.2. The van der Waals surface area contributed by atoms with Crippen LogP contribution < -0.4 is 0 Å². The van der Waals surface area contributed by atoms with Gasteiger partial charge in [-0.1, -0.05) is 182 Å². The molecule has 0 aliphatic heterocycles. The molecule has 0 spiro atoms. The smallest absolute Gasteiger partial charge is 0.160 e. The first-order chi connectivity index (χ1) is 30.2. The standard InChI is InChI=1S/C58H39N3/c1-5-17-40(18-6-1)46-33-47(36-50(35-46)55-39-54(44-21-9-3-10-22-44)59-58(60-55)45-23-11-4-12-24-45)42-29-31-43(32-30-42)49-34-48(41-19-7-2-8-20-41)37-51(38-49)61-56-27-15-13-25-52(56)53-26-14-16-28-57(53)61/h1-39H. The molecule has 0 saturated heterocycles. The van der Waals surface area contributed by atoms with Crippen LogP contribution in [0.15, 0.2) is 237 Å². The van der Waals surface area contributed by atoms with Crippen LogP contribution in [-0.4, -0.2) is 14.5 Å². The van der Waals surface area contributed by atoms with Gasteiger partial charge in [-0.15, -0.1) is 0 Å². The molecule has 0 saturated carbocycles. The van der Waals surface area contributed by atoms with Gasteiger partial charge in [0.25, 0.3) is 0 Å². The van der Waals surface area contributed by atoms with Crippen molar-refractivity contribution in [1.29, 1.82) is 0 Å². The van der Waals surface area contributed by atoms with E-state index in [0.717, 1.165) is 67.1 Å². The fourth-order valence-electron chi connectivity index (χ4n) is 8.57. The Bertz CT molecular complexity index is 3210. The van der Waals surface area contributed by atoms with E-state index < -0.39 is 0 Å². The van der Waals surface area contributed by atoms with Crippen LogP contribution in [0.2, 0.25) is 0 Å². The topological polar surface area (TPSA) is 30.7 Å². The Morgan fingerprint density at radius 1 is 0.246 bits per heavy atom. The molecule has 11 aromatic rings. The fraction of sp³-hybridized carbons (Fsp3) is 0. The summed E-state index contributed by atoms with van der Waals surface area (Å²) < 4.78 is 2.41. The SMILES string of the molecule is c1ccc(-c2cc(-c3ccc(-c4cc(-c5ccccc5)cc(-n5c6ccccc6c6ccccc65)c4)cc3)cc(-c3cc(-c4ccccc4)nc(-c4ccccc4)n3)c2)cc1. The van der Waals surface area contributed by atoms with Crippen molar-refractivity contribution >= 4 is 21.8 Å². The molecule has 9 aromatic carbocycles. The highest BCUT2D eigenvalue weighted by Crippen LogP contribution is 2.38. The lowest BCUT2D eigenvalue weighted by atomic mass is 9.93. The Balaban J connectivity index is 1.05. The molecule has 3 nitrogen and oxygen atoms in total.